The molecular formula is C14H22Cl2F3N3. The van der Waals surface area contributed by atoms with Crippen LogP contribution in [0, 0.1) is 0 Å². The summed E-state index contributed by atoms with van der Waals surface area (Å²) in [6.45, 7) is 2.38. The zero-order valence-corrected chi connectivity index (χ0v) is 13.8. The third kappa shape index (κ3) is 7.54. The second-order valence-electron chi connectivity index (χ2n) is 5.27. The Morgan fingerprint density at radius 1 is 1.00 bits per heavy atom. The molecule has 0 spiro atoms. The molecule has 128 valence electrons. The summed E-state index contributed by atoms with van der Waals surface area (Å²) in [4.78, 5) is 3.67. The number of nitrogen functional groups attached to an aromatic ring is 1. The standard InChI is InChI=1S/C14H20F3N3.2ClH/c15-14(16,17)11-20-6-2-5-19(7-8-20)10-12-3-1-4-13(18)9-12;;/h1,3-4,9H,2,5-8,10-11,18H2;2*1H. The average Bonchev–Trinajstić information content (AvgIpc) is 2.53. The number of hydrogen-bond acceptors (Lipinski definition) is 3. The van der Waals surface area contributed by atoms with Crippen molar-refractivity contribution < 1.29 is 13.2 Å². The van der Waals surface area contributed by atoms with Gasteiger partial charge in [0.1, 0.15) is 0 Å². The molecule has 0 radical (unpaired) electrons. The lowest BCUT2D eigenvalue weighted by molar-refractivity contribution is -0.145. The van der Waals surface area contributed by atoms with E-state index in [4.69, 9.17) is 5.73 Å². The van der Waals surface area contributed by atoms with Crippen molar-refractivity contribution in [2.45, 2.75) is 19.1 Å². The molecule has 2 N–H and O–H groups in total. The maximum atomic E-state index is 12.4. The Morgan fingerprint density at radius 3 is 2.27 bits per heavy atom. The van der Waals surface area contributed by atoms with Crippen molar-refractivity contribution in [1.82, 2.24) is 9.80 Å². The monoisotopic (exact) mass is 359 g/mol. The Hall–Kier alpha value is -0.690. The second kappa shape index (κ2) is 9.45. The first-order valence-electron chi connectivity index (χ1n) is 6.78. The summed E-state index contributed by atoms with van der Waals surface area (Å²) in [6.07, 6.45) is -3.35. The lowest BCUT2D eigenvalue weighted by Crippen LogP contribution is -2.37. The molecule has 1 heterocycles. The molecule has 0 bridgehead atoms. The number of hydrogen-bond donors (Lipinski definition) is 1. The minimum atomic E-state index is -4.11. The normalized spacial score (nSPS) is 17.2. The van der Waals surface area contributed by atoms with E-state index in [9.17, 15) is 13.2 Å². The van der Waals surface area contributed by atoms with E-state index in [-0.39, 0.29) is 24.8 Å². The van der Waals surface area contributed by atoms with Gasteiger partial charge in [0, 0.05) is 25.3 Å². The average molecular weight is 360 g/mol. The van der Waals surface area contributed by atoms with Crippen LogP contribution in [0.4, 0.5) is 18.9 Å². The molecule has 1 aliphatic heterocycles. The molecule has 0 saturated carbocycles. The summed E-state index contributed by atoms with van der Waals surface area (Å²) in [6, 6.07) is 7.64. The highest BCUT2D eigenvalue weighted by Gasteiger charge is 2.31. The van der Waals surface area contributed by atoms with Gasteiger partial charge >= 0.3 is 6.18 Å². The predicted molar refractivity (Wildman–Crippen MR) is 87.7 cm³/mol. The largest absolute Gasteiger partial charge is 0.401 e. The van der Waals surface area contributed by atoms with Gasteiger partial charge in [-0.15, -0.1) is 24.8 Å². The molecule has 0 unspecified atom stereocenters. The highest BCUT2D eigenvalue weighted by atomic mass is 35.5. The topological polar surface area (TPSA) is 32.5 Å². The van der Waals surface area contributed by atoms with Crippen molar-refractivity contribution in [1.29, 1.82) is 0 Å². The fraction of sp³-hybridized carbons (Fsp3) is 0.571. The van der Waals surface area contributed by atoms with Crippen LogP contribution in [0.15, 0.2) is 24.3 Å². The van der Waals surface area contributed by atoms with Crippen molar-refractivity contribution in [3.05, 3.63) is 29.8 Å². The van der Waals surface area contributed by atoms with Crippen molar-refractivity contribution in [3.8, 4) is 0 Å². The number of benzene rings is 1. The van der Waals surface area contributed by atoms with Crippen molar-refractivity contribution in [3.63, 3.8) is 0 Å². The van der Waals surface area contributed by atoms with E-state index in [0.29, 0.717) is 19.6 Å². The number of halogens is 5. The van der Waals surface area contributed by atoms with Crippen LogP contribution in [0.5, 0.6) is 0 Å². The van der Waals surface area contributed by atoms with Gasteiger partial charge in [-0.1, -0.05) is 12.1 Å². The van der Waals surface area contributed by atoms with Crippen LogP contribution in [0.3, 0.4) is 0 Å². The summed E-state index contributed by atoms with van der Waals surface area (Å²) >= 11 is 0. The van der Waals surface area contributed by atoms with E-state index in [1.54, 1.807) is 0 Å². The third-order valence-corrected chi connectivity index (χ3v) is 3.44. The maximum absolute atomic E-state index is 12.4. The summed E-state index contributed by atoms with van der Waals surface area (Å²) in [5.41, 5.74) is 7.56. The Labute approximate surface area is 141 Å². The lowest BCUT2D eigenvalue weighted by atomic mass is 10.2. The Morgan fingerprint density at radius 2 is 1.64 bits per heavy atom. The van der Waals surface area contributed by atoms with Crippen LogP contribution >= 0.6 is 24.8 Å². The van der Waals surface area contributed by atoms with Crippen LogP contribution in [0.25, 0.3) is 0 Å². The first kappa shape index (κ1) is 21.3. The molecule has 1 fully saturated rings. The second-order valence-corrected chi connectivity index (χ2v) is 5.27. The highest BCUT2D eigenvalue weighted by Crippen LogP contribution is 2.18. The number of nitrogens with two attached hydrogens (primary N) is 1. The van der Waals surface area contributed by atoms with Gasteiger partial charge in [0.15, 0.2) is 0 Å². The van der Waals surface area contributed by atoms with E-state index in [1.165, 1.54) is 4.90 Å². The van der Waals surface area contributed by atoms with E-state index in [2.05, 4.69) is 4.90 Å². The van der Waals surface area contributed by atoms with E-state index in [0.717, 1.165) is 30.8 Å². The zero-order valence-electron chi connectivity index (χ0n) is 12.2. The minimum Gasteiger partial charge on any atom is -0.399 e. The molecule has 0 aromatic heterocycles. The molecule has 1 saturated heterocycles. The number of alkyl halides is 3. The molecule has 1 aromatic rings. The SMILES string of the molecule is Cl.Cl.Nc1cccc(CN2CCCN(CC(F)(F)F)CC2)c1. The van der Waals surface area contributed by atoms with Crippen molar-refractivity contribution in [2.24, 2.45) is 0 Å². The molecule has 0 atom stereocenters. The Bertz CT molecular complexity index is 444. The van der Waals surface area contributed by atoms with E-state index < -0.39 is 12.7 Å². The maximum Gasteiger partial charge on any atom is 0.401 e. The summed E-state index contributed by atoms with van der Waals surface area (Å²) in [7, 11) is 0. The minimum absolute atomic E-state index is 0. The van der Waals surface area contributed by atoms with Gasteiger partial charge in [-0.05, 0) is 37.2 Å². The number of nitrogens with zero attached hydrogens (tertiary/aromatic N) is 2. The summed E-state index contributed by atoms with van der Waals surface area (Å²) < 4.78 is 37.2. The van der Waals surface area contributed by atoms with Crippen molar-refractivity contribution >= 4 is 30.5 Å². The van der Waals surface area contributed by atoms with Crippen LogP contribution in [-0.4, -0.2) is 48.7 Å². The molecule has 1 aromatic carbocycles. The van der Waals surface area contributed by atoms with E-state index in [1.807, 2.05) is 24.3 Å². The lowest BCUT2D eigenvalue weighted by Gasteiger charge is -2.22. The van der Waals surface area contributed by atoms with Crippen LogP contribution in [0.1, 0.15) is 12.0 Å². The Balaban J connectivity index is 0.00000220. The predicted octanol–water partition coefficient (Wildman–Crippen LogP) is 3.18. The first-order chi connectivity index (χ1) is 9.42. The van der Waals surface area contributed by atoms with Crippen LogP contribution in [-0.2, 0) is 6.54 Å². The smallest absolute Gasteiger partial charge is 0.399 e. The molecule has 0 amide bonds. The molecule has 8 heteroatoms. The summed E-state index contributed by atoms with van der Waals surface area (Å²) in [5.74, 6) is 0. The van der Waals surface area contributed by atoms with Gasteiger partial charge in [0.05, 0.1) is 6.54 Å². The first-order valence-corrected chi connectivity index (χ1v) is 6.78. The molecule has 22 heavy (non-hydrogen) atoms. The van der Waals surface area contributed by atoms with Gasteiger partial charge < -0.3 is 5.73 Å². The molecular weight excluding hydrogens is 338 g/mol. The molecule has 3 nitrogen and oxygen atoms in total. The van der Waals surface area contributed by atoms with Gasteiger partial charge in [-0.25, -0.2) is 0 Å². The van der Waals surface area contributed by atoms with Gasteiger partial charge in [0.2, 0.25) is 0 Å². The van der Waals surface area contributed by atoms with Crippen LogP contribution < -0.4 is 5.73 Å². The highest BCUT2D eigenvalue weighted by molar-refractivity contribution is 5.85. The fourth-order valence-corrected chi connectivity index (χ4v) is 2.54. The third-order valence-electron chi connectivity index (χ3n) is 3.44. The fourth-order valence-electron chi connectivity index (χ4n) is 2.54. The van der Waals surface area contributed by atoms with E-state index >= 15 is 0 Å². The molecule has 0 aliphatic carbocycles. The summed E-state index contributed by atoms with van der Waals surface area (Å²) in [5, 5.41) is 0. The van der Waals surface area contributed by atoms with Gasteiger partial charge in [-0.3, -0.25) is 9.80 Å². The van der Waals surface area contributed by atoms with Gasteiger partial charge in [0.25, 0.3) is 0 Å². The van der Waals surface area contributed by atoms with Gasteiger partial charge in [-0.2, -0.15) is 13.2 Å². The van der Waals surface area contributed by atoms with Crippen molar-refractivity contribution in [2.75, 3.05) is 38.5 Å². The zero-order chi connectivity index (χ0) is 14.6. The van der Waals surface area contributed by atoms with Crippen LogP contribution in [0.2, 0.25) is 0 Å². The Kier molecular flexibility index (Phi) is 9.15. The quantitative estimate of drug-likeness (QED) is 0.841. The number of anilines is 1. The number of rotatable bonds is 3. The molecule has 1 aliphatic rings. The molecule has 2 rings (SSSR count).